The lowest BCUT2D eigenvalue weighted by Crippen LogP contribution is -2.27. The first-order valence-corrected chi connectivity index (χ1v) is 6.75. The predicted molar refractivity (Wildman–Crippen MR) is 71.4 cm³/mol. The Morgan fingerprint density at radius 3 is 2.61 bits per heavy atom. The Kier molecular flexibility index (Phi) is 4.29. The van der Waals surface area contributed by atoms with Gasteiger partial charge in [0, 0.05) is 24.7 Å². The van der Waals surface area contributed by atoms with Gasteiger partial charge in [-0.3, -0.25) is 4.79 Å². The molecular weight excluding hydrogens is 224 g/mol. The van der Waals surface area contributed by atoms with Crippen LogP contribution in [0.4, 0.5) is 0 Å². The summed E-state index contributed by atoms with van der Waals surface area (Å²) in [5, 5.41) is 0. The van der Waals surface area contributed by atoms with E-state index in [2.05, 4.69) is 0 Å². The molecule has 1 aliphatic rings. The van der Waals surface area contributed by atoms with E-state index in [1.807, 2.05) is 30.3 Å². The summed E-state index contributed by atoms with van der Waals surface area (Å²) in [6, 6.07) is 10.0. The van der Waals surface area contributed by atoms with Crippen molar-refractivity contribution in [1.82, 2.24) is 0 Å². The second-order valence-electron chi connectivity index (χ2n) is 5.24. The van der Waals surface area contributed by atoms with E-state index in [0.29, 0.717) is 18.6 Å². The Bertz CT molecular complexity index is 422. The molecule has 1 saturated carbocycles. The maximum absolute atomic E-state index is 12.1. The Labute approximate surface area is 108 Å². The topological polar surface area (TPSA) is 34.1 Å². The highest BCUT2D eigenvalue weighted by atomic mass is 16.1. The molecule has 1 aromatic rings. The lowest BCUT2D eigenvalue weighted by Gasteiger charge is -2.29. The minimum Gasteiger partial charge on any atom is -0.300 e. The van der Waals surface area contributed by atoms with Gasteiger partial charge in [-0.1, -0.05) is 36.8 Å². The van der Waals surface area contributed by atoms with Gasteiger partial charge >= 0.3 is 0 Å². The van der Waals surface area contributed by atoms with E-state index in [9.17, 15) is 9.59 Å². The number of hydrogen-bond acceptors (Lipinski definition) is 2. The highest BCUT2D eigenvalue weighted by Gasteiger charge is 2.31. The van der Waals surface area contributed by atoms with Crippen LogP contribution in [0, 0.1) is 5.92 Å². The lowest BCUT2D eigenvalue weighted by atomic mass is 9.74. The van der Waals surface area contributed by atoms with Gasteiger partial charge in [0.2, 0.25) is 0 Å². The molecule has 2 rings (SSSR count). The first-order chi connectivity index (χ1) is 8.68. The van der Waals surface area contributed by atoms with Crippen molar-refractivity contribution in [3.05, 3.63) is 35.9 Å². The number of benzene rings is 1. The third-order valence-electron chi connectivity index (χ3n) is 3.82. The number of carbonyl (C=O) groups is 2. The molecule has 2 heteroatoms. The largest absolute Gasteiger partial charge is 0.300 e. The van der Waals surface area contributed by atoms with Gasteiger partial charge in [0.05, 0.1) is 0 Å². The van der Waals surface area contributed by atoms with E-state index >= 15 is 0 Å². The van der Waals surface area contributed by atoms with E-state index in [1.165, 1.54) is 0 Å². The van der Waals surface area contributed by atoms with E-state index in [1.54, 1.807) is 6.92 Å². The molecule has 0 aromatic heterocycles. The third kappa shape index (κ3) is 3.06. The zero-order valence-electron chi connectivity index (χ0n) is 10.9. The van der Waals surface area contributed by atoms with Crippen molar-refractivity contribution < 1.29 is 9.59 Å². The van der Waals surface area contributed by atoms with Gasteiger partial charge in [0.15, 0.2) is 0 Å². The summed E-state index contributed by atoms with van der Waals surface area (Å²) < 4.78 is 0. The van der Waals surface area contributed by atoms with Crippen molar-refractivity contribution in [2.24, 2.45) is 5.92 Å². The predicted octanol–water partition coefficient (Wildman–Crippen LogP) is 3.51. The summed E-state index contributed by atoms with van der Waals surface area (Å²) in [4.78, 5) is 23.5. The molecule has 1 aliphatic carbocycles. The van der Waals surface area contributed by atoms with Crippen LogP contribution in [-0.4, -0.2) is 11.6 Å². The smallest absolute Gasteiger partial charge is 0.136 e. The SMILES string of the molecule is CC(=O)CC(c1ccccc1)C1CCCCC1=O. The summed E-state index contributed by atoms with van der Waals surface area (Å²) in [5.41, 5.74) is 1.13. The molecule has 0 radical (unpaired) electrons. The second kappa shape index (κ2) is 5.94. The van der Waals surface area contributed by atoms with E-state index in [0.717, 1.165) is 24.8 Å². The number of Topliss-reactive ketones (excluding diaryl/α,β-unsaturated/α-hetero) is 2. The molecule has 0 saturated heterocycles. The quantitative estimate of drug-likeness (QED) is 0.812. The molecule has 2 nitrogen and oxygen atoms in total. The molecule has 0 aliphatic heterocycles. The number of ketones is 2. The average Bonchev–Trinajstić information content (AvgIpc) is 2.38. The molecule has 96 valence electrons. The van der Waals surface area contributed by atoms with Gasteiger partial charge in [-0.2, -0.15) is 0 Å². The van der Waals surface area contributed by atoms with Gasteiger partial charge in [0.1, 0.15) is 11.6 Å². The zero-order valence-corrected chi connectivity index (χ0v) is 10.9. The Morgan fingerprint density at radius 1 is 1.28 bits per heavy atom. The Morgan fingerprint density at radius 2 is 2.00 bits per heavy atom. The van der Waals surface area contributed by atoms with Crippen LogP contribution in [0.3, 0.4) is 0 Å². The summed E-state index contributed by atoms with van der Waals surface area (Å²) in [5.74, 6) is 0.639. The molecule has 18 heavy (non-hydrogen) atoms. The maximum atomic E-state index is 12.1. The van der Waals surface area contributed by atoms with Crippen LogP contribution in [0.5, 0.6) is 0 Å². The van der Waals surface area contributed by atoms with E-state index < -0.39 is 0 Å². The first-order valence-electron chi connectivity index (χ1n) is 6.75. The van der Waals surface area contributed by atoms with Crippen molar-refractivity contribution in [1.29, 1.82) is 0 Å². The highest BCUT2D eigenvalue weighted by molar-refractivity contribution is 5.84. The van der Waals surface area contributed by atoms with Crippen LogP contribution in [0.15, 0.2) is 30.3 Å². The Hall–Kier alpha value is -1.44. The van der Waals surface area contributed by atoms with Crippen LogP contribution >= 0.6 is 0 Å². The first kappa shape index (κ1) is 13.0. The average molecular weight is 244 g/mol. The summed E-state index contributed by atoms with van der Waals surface area (Å²) >= 11 is 0. The summed E-state index contributed by atoms with van der Waals surface area (Å²) in [6.07, 6.45) is 4.23. The molecule has 2 unspecified atom stereocenters. The van der Waals surface area contributed by atoms with Crippen LogP contribution in [-0.2, 0) is 9.59 Å². The molecule has 0 heterocycles. The molecular formula is C16H20O2. The van der Waals surface area contributed by atoms with Gasteiger partial charge < -0.3 is 4.79 Å². The van der Waals surface area contributed by atoms with Gasteiger partial charge in [-0.15, -0.1) is 0 Å². The number of carbonyl (C=O) groups excluding carboxylic acids is 2. The molecule has 0 amide bonds. The molecule has 2 atom stereocenters. The fraction of sp³-hybridized carbons (Fsp3) is 0.500. The molecule has 1 fully saturated rings. The van der Waals surface area contributed by atoms with Crippen molar-refractivity contribution in [2.45, 2.75) is 44.9 Å². The second-order valence-corrected chi connectivity index (χ2v) is 5.24. The molecule has 1 aromatic carbocycles. The van der Waals surface area contributed by atoms with E-state index in [-0.39, 0.29) is 17.6 Å². The standard InChI is InChI=1S/C16H20O2/c1-12(17)11-15(13-7-3-2-4-8-13)14-9-5-6-10-16(14)18/h2-4,7-8,14-15H,5-6,9-11H2,1H3. The van der Waals surface area contributed by atoms with E-state index in [4.69, 9.17) is 0 Å². The molecule has 0 N–H and O–H groups in total. The molecule has 0 bridgehead atoms. The number of hydrogen-bond donors (Lipinski definition) is 0. The van der Waals surface area contributed by atoms with Gasteiger partial charge in [-0.25, -0.2) is 0 Å². The van der Waals surface area contributed by atoms with Crippen molar-refractivity contribution in [2.75, 3.05) is 0 Å². The van der Waals surface area contributed by atoms with Crippen LogP contribution < -0.4 is 0 Å². The summed E-state index contributed by atoms with van der Waals surface area (Å²) in [7, 11) is 0. The summed E-state index contributed by atoms with van der Waals surface area (Å²) in [6.45, 7) is 1.61. The van der Waals surface area contributed by atoms with Gasteiger partial charge in [0.25, 0.3) is 0 Å². The fourth-order valence-electron chi connectivity index (χ4n) is 2.94. The van der Waals surface area contributed by atoms with Gasteiger partial charge in [-0.05, 0) is 25.3 Å². The Balaban J connectivity index is 2.24. The normalized spacial score (nSPS) is 21.6. The highest BCUT2D eigenvalue weighted by Crippen LogP contribution is 2.36. The lowest BCUT2D eigenvalue weighted by molar-refractivity contribution is -0.126. The number of rotatable bonds is 4. The monoisotopic (exact) mass is 244 g/mol. The van der Waals surface area contributed by atoms with Crippen LogP contribution in [0.2, 0.25) is 0 Å². The third-order valence-corrected chi connectivity index (χ3v) is 3.82. The van der Waals surface area contributed by atoms with Crippen molar-refractivity contribution >= 4 is 11.6 Å². The maximum Gasteiger partial charge on any atom is 0.136 e. The van der Waals surface area contributed by atoms with Crippen molar-refractivity contribution in [3.8, 4) is 0 Å². The molecule has 0 spiro atoms. The van der Waals surface area contributed by atoms with Crippen LogP contribution in [0.1, 0.15) is 50.5 Å². The minimum atomic E-state index is 0.0463. The van der Waals surface area contributed by atoms with Crippen molar-refractivity contribution in [3.63, 3.8) is 0 Å². The zero-order chi connectivity index (χ0) is 13.0. The minimum absolute atomic E-state index is 0.0463. The van der Waals surface area contributed by atoms with Crippen LogP contribution in [0.25, 0.3) is 0 Å². The fourth-order valence-corrected chi connectivity index (χ4v) is 2.94.